The Bertz CT molecular complexity index is 400. The lowest BCUT2D eigenvalue weighted by atomic mass is 10.3. The van der Waals surface area contributed by atoms with Crippen molar-refractivity contribution in [3.8, 4) is 5.75 Å². The number of carbonyl (C=O) groups excluding carboxylic acids is 1. The predicted molar refractivity (Wildman–Crippen MR) is 69.9 cm³/mol. The fourth-order valence-electron chi connectivity index (χ4n) is 1.13. The third-order valence-corrected chi connectivity index (χ3v) is 2.94. The van der Waals surface area contributed by atoms with Crippen LogP contribution in [0.1, 0.15) is 6.92 Å². The molecule has 0 aliphatic carbocycles. The fraction of sp³-hybridized carbons (Fsp3) is 0.364. The molecule has 1 aromatic rings. The third kappa shape index (κ3) is 5.76. The number of hydrogen-bond donors (Lipinski definition) is 3. The van der Waals surface area contributed by atoms with E-state index in [1.165, 1.54) is 0 Å². The molecule has 6 nitrogen and oxygen atoms in total. The van der Waals surface area contributed by atoms with Gasteiger partial charge in [-0.2, -0.15) is 8.93 Å². The van der Waals surface area contributed by atoms with Crippen molar-refractivity contribution >= 4 is 17.2 Å². The van der Waals surface area contributed by atoms with Crippen LogP contribution < -0.4 is 20.0 Å². The van der Waals surface area contributed by atoms with Crippen molar-refractivity contribution in [3.63, 3.8) is 0 Å². The number of para-hydroxylation sites is 1. The van der Waals surface area contributed by atoms with E-state index in [1.54, 1.807) is 31.2 Å². The van der Waals surface area contributed by atoms with Crippen LogP contribution in [0.15, 0.2) is 30.3 Å². The van der Waals surface area contributed by atoms with Gasteiger partial charge in [0.1, 0.15) is 5.75 Å². The molecule has 0 aliphatic heterocycles. The van der Waals surface area contributed by atoms with Crippen LogP contribution in [-0.4, -0.2) is 29.2 Å². The Morgan fingerprint density at radius 1 is 1.44 bits per heavy atom. The summed E-state index contributed by atoms with van der Waals surface area (Å²) >= 11 is -1.65. The molecular weight excluding hydrogens is 254 g/mol. The number of hydrogen-bond acceptors (Lipinski definition) is 4. The highest BCUT2D eigenvalue weighted by Gasteiger charge is 2.09. The molecule has 0 heterocycles. The highest BCUT2D eigenvalue weighted by molar-refractivity contribution is 7.78. The van der Waals surface area contributed by atoms with Gasteiger partial charge in [-0.15, -0.1) is 0 Å². The van der Waals surface area contributed by atoms with Crippen molar-refractivity contribution in [2.75, 3.05) is 13.1 Å². The summed E-state index contributed by atoms with van der Waals surface area (Å²) < 4.78 is 19.4. The minimum atomic E-state index is -1.65. The largest absolute Gasteiger partial charge is 0.389 e. The van der Waals surface area contributed by atoms with Crippen LogP contribution >= 0.6 is 0 Å². The zero-order chi connectivity index (χ0) is 13.4. The summed E-state index contributed by atoms with van der Waals surface area (Å²) in [5, 5.41) is 2.58. The zero-order valence-corrected chi connectivity index (χ0v) is 10.9. The lowest BCUT2D eigenvalue weighted by molar-refractivity contribution is -0.119. The smallest absolute Gasteiger partial charge is 0.288 e. The first-order chi connectivity index (χ1) is 8.61. The maximum Gasteiger partial charge on any atom is 0.288 e. The Morgan fingerprint density at radius 3 is 2.72 bits per heavy atom. The van der Waals surface area contributed by atoms with Crippen LogP contribution in [0.3, 0.4) is 0 Å². The fourth-order valence-corrected chi connectivity index (χ4v) is 1.88. The summed E-state index contributed by atoms with van der Waals surface area (Å²) in [5.41, 5.74) is 5.14. The second-order valence-electron chi connectivity index (χ2n) is 3.66. The van der Waals surface area contributed by atoms with Crippen LogP contribution in [-0.2, 0) is 16.1 Å². The van der Waals surface area contributed by atoms with Gasteiger partial charge in [-0.1, -0.05) is 18.2 Å². The highest BCUT2D eigenvalue weighted by atomic mass is 32.2. The quantitative estimate of drug-likeness (QED) is 0.634. The van der Waals surface area contributed by atoms with E-state index in [1.807, 2.05) is 6.07 Å². The molecule has 0 fully saturated rings. The summed E-state index contributed by atoms with van der Waals surface area (Å²) in [4.78, 5) is 10.9. The Labute approximate surface area is 109 Å². The van der Waals surface area contributed by atoms with Crippen LogP contribution in [0, 0.1) is 0 Å². The van der Waals surface area contributed by atoms with Gasteiger partial charge in [-0.25, -0.2) is 0 Å². The highest BCUT2D eigenvalue weighted by Crippen LogP contribution is 2.09. The summed E-state index contributed by atoms with van der Waals surface area (Å²) in [6, 6.07) is 8.65. The normalized spacial score (nSPS) is 13.7. The minimum Gasteiger partial charge on any atom is -0.389 e. The molecule has 2 atom stereocenters. The molecule has 0 saturated heterocycles. The van der Waals surface area contributed by atoms with Crippen LogP contribution in [0.2, 0.25) is 0 Å². The molecule has 100 valence electrons. The van der Waals surface area contributed by atoms with Gasteiger partial charge in [-0.05, 0) is 19.1 Å². The molecule has 2 unspecified atom stereocenters. The lowest BCUT2D eigenvalue weighted by Crippen LogP contribution is -2.42. The molecule has 0 aromatic heterocycles. The van der Waals surface area contributed by atoms with E-state index < -0.39 is 11.3 Å². The summed E-state index contributed by atoms with van der Waals surface area (Å²) in [5.74, 6) is 0.264. The molecule has 0 spiro atoms. The van der Waals surface area contributed by atoms with Crippen molar-refractivity contribution in [2.45, 2.75) is 13.0 Å². The molecule has 0 saturated carbocycles. The average molecular weight is 271 g/mol. The number of benzene rings is 1. The van der Waals surface area contributed by atoms with Crippen molar-refractivity contribution in [2.24, 2.45) is 5.73 Å². The molecule has 4 N–H and O–H groups in total. The minimum absolute atomic E-state index is 0.0592. The lowest BCUT2D eigenvalue weighted by Gasteiger charge is -2.13. The zero-order valence-electron chi connectivity index (χ0n) is 10.1. The van der Waals surface area contributed by atoms with E-state index in [0.717, 1.165) is 0 Å². The van der Waals surface area contributed by atoms with Gasteiger partial charge in [0.2, 0.25) is 5.91 Å². The second kappa shape index (κ2) is 7.80. The van der Waals surface area contributed by atoms with Crippen LogP contribution in [0.5, 0.6) is 5.75 Å². The summed E-state index contributed by atoms with van der Waals surface area (Å²) in [7, 11) is 0. The van der Waals surface area contributed by atoms with Gasteiger partial charge in [0, 0.05) is 12.6 Å². The summed E-state index contributed by atoms with van der Waals surface area (Å²) in [6.45, 7) is 2.05. The monoisotopic (exact) mass is 271 g/mol. The molecule has 18 heavy (non-hydrogen) atoms. The Kier molecular flexibility index (Phi) is 6.34. The second-order valence-corrected chi connectivity index (χ2v) is 4.53. The maximum absolute atomic E-state index is 11.6. The SMILES string of the molecule is CC(CNC(=O)CN)NS(=O)Oc1ccccc1. The molecular formula is C11H17N3O3S. The van der Waals surface area contributed by atoms with Gasteiger partial charge in [-0.3, -0.25) is 4.79 Å². The van der Waals surface area contributed by atoms with E-state index in [0.29, 0.717) is 12.3 Å². The first kappa shape index (κ1) is 14.6. The van der Waals surface area contributed by atoms with E-state index >= 15 is 0 Å². The van der Waals surface area contributed by atoms with Crippen molar-refractivity contribution in [1.82, 2.24) is 10.0 Å². The molecule has 1 rings (SSSR count). The molecule has 0 aliphatic rings. The van der Waals surface area contributed by atoms with Gasteiger partial charge < -0.3 is 15.2 Å². The van der Waals surface area contributed by atoms with E-state index in [9.17, 15) is 9.00 Å². The Hall–Kier alpha value is -1.44. The first-order valence-electron chi connectivity index (χ1n) is 5.50. The van der Waals surface area contributed by atoms with Crippen molar-refractivity contribution < 1.29 is 13.2 Å². The van der Waals surface area contributed by atoms with Crippen LogP contribution in [0.4, 0.5) is 0 Å². The molecule has 1 amide bonds. The number of amides is 1. The molecule has 1 aromatic carbocycles. The molecule has 7 heteroatoms. The van der Waals surface area contributed by atoms with Gasteiger partial charge in [0.05, 0.1) is 6.54 Å². The average Bonchev–Trinajstić information content (AvgIpc) is 2.37. The number of nitrogens with one attached hydrogen (secondary N) is 2. The van der Waals surface area contributed by atoms with Crippen molar-refractivity contribution in [1.29, 1.82) is 0 Å². The Balaban J connectivity index is 2.29. The standard InChI is InChI=1S/C11H17N3O3S/c1-9(8-13-11(15)7-12)14-18(16)17-10-5-3-2-4-6-10/h2-6,9,14H,7-8,12H2,1H3,(H,13,15). The molecule has 0 bridgehead atoms. The van der Waals surface area contributed by atoms with Crippen LogP contribution in [0.25, 0.3) is 0 Å². The van der Waals surface area contributed by atoms with Crippen molar-refractivity contribution in [3.05, 3.63) is 30.3 Å². The number of carbonyl (C=O) groups is 1. The van der Waals surface area contributed by atoms with Gasteiger partial charge in [0.25, 0.3) is 11.3 Å². The maximum atomic E-state index is 11.6. The third-order valence-electron chi connectivity index (χ3n) is 2.00. The predicted octanol–water partition coefficient (Wildman–Crippen LogP) is -0.303. The topological polar surface area (TPSA) is 93.5 Å². The van der Waals surface area contributed by atoms with E-state index in [2.05, 4.69) is 10.0 Å². The number of nitrogens with two attached hydrogens (primary N) is 1. The van der Waals surface area contributed by atoms with Gasteiger partial charge >= 0.3 is 0 Å². The first-order valence-corrected chi connectivity index (χ1v) is 6.57. The summed E-state index contributed by atoms with van der Waals surface area (Å²) in [6.07, 6.45) is 0. The molecule has 0 radical (unpaired) electrons. The van der Waals surface area contributed by atoms with Gasteiger partial charge in [0.15, 0.2) is 0 Å². The Morgan fingerprint density at radius 2 is 2.11 bits per heavy atom. The van der Waals surface area contributed by atoms with E-state index in [4.69, 9.17) is 9.92 Å². The number of rotatable bonds is 7. The van der Waals surface area contributed by atoms with E-state index in [-0.39, 0.29) is 18.5 Å².